The molecular weight excluding hydrogens is 156 g/mol. The number of rotatable bonds is 7. The van der Waals surface area contributed by atoms with E-state index in [9.17, 15) is 4.79 Å². The minimum absolute atomic E-state index is 0.286. The maximum absolute atomic E-state index is 10.4. The summed E-state index contributed by atoms with van der Waals surface area (Å²) in [6.45, 7) is 5.12. The van der Waals surface area contributed by atoms with Crippen LogP contribution in [0.5, 0.6) is 0 Å². The highest BCUT2D eigenvalue weighted by molar-refractivity contribution is 5.69. The van der Waals surface area contributed by atoms with Gasteiger partial charge in [0.25, 0.3) is 0 Å². The van der Waals surface area contributed by atoms with Crippen molar-refractivity contribution in [2.75, 3.05) is 13.2 Å². The van der Waals surface area contributed by atoms with E-state index in [-0.39, 0.29) is 5.92 Å². The van der Waals surface area contributed by atoms with Crippen LogP contribution >= 0.6 is 0 Å². The first-order chi connectivity index (χ1) is 5.68. The Morgan fingerprint density at radius 3 is 2.67 bits per heavy atom. The Morgan fingerprint density at radius 2 is 2.17 bits per heavy atom. The van der Waals surface area contributed by atoms with Gasteiger partial charge in [0.1, 0.15) is 0 Å². The number of carboxylic acids is 1. The lowest BCUT2D eigenvalue weighted by molar-refractivity contribution is -0.141. The molecule has 1 N–H and O–H groups in total. The van der Waals surface area contributed by atoms with Gasteiger partial charge in [-0.3, -0.25) is 4.79 Å². The van der Waals surface area contributed by atoms with Crippen LogP contribution in [0, 0.1) is 5.92 Å². The summed E-state index contributed by atoms with van der Waals surface area (Å²) < 4.78 is 5.23. The van der Waals surface area contributed by atoms with E-state index in [2.05, 4.69) is 6.92 Å². The van der Waals surface area contributed by atoms with Gasteiger partial charge >= 0.3 is 5.97 Å². The van der Waals surface area contributed by atoms with Crippen molar-refractivity contribution in [3.8, 4) is 0 Å². The van der Waals surface area contributed by atoms with E-state index < -0.39 is 5.97 Å². The molecule has 0 saturated heterocycles. The van der Waals surface area contributed by atoms with Crippen molar-refractivity contribution >= 4 is 5.97 Å². The van der Waals surface area contributed by atoms with Crippen LogP contribution in [-0.4, -0.2) is 24.3 Å². The van der Waals surface area contributed by atoms with Gasteiger partial charge < -0.3 is 9.84 Å². The van der Waals surface area contributed by atoms with Gasteiger partial charge in [-0.15, -0.1) is 0 Å². The van der Waals surface area contributed by atoms with E-state index in [1.165, 1.54) is 0 Å². The lowest BCUT2D eigenvalue weighted by Crippen LogP contribution is -2.12. The first-order valence-electron chi connectivity index (χ1n) is 4.49. The van der Waals surface area contributed by atoms with Gasteiger partial charge in [-0.1, -0.05) is 20.3 Å². The van der Waals surface area contributed by atoms with Crippen molar-refractivity contribution in [2.24, 2.45) is 5.92 Å². The highest BCUT2D eigenvalue weighted by Crippen LogP contribution is 2.01. The van der Waals surface area contributed by atoms with E-state index >= 15 is 0 Å². The summed E-state index contributed by atoms with van der Waals surface area (Å²) in [6, 6.07) is 0. The predicted octanol–water partition coefficient (Wildman–Crippen LogP) is 1.91. The Balaban J connectivity index is 3.14. The predicted molar refractivity (Wildman–Crippen MR) is 47.1 cm³/mol. The Kier molecular flexibility index (Phi) is 6.76. The number of unbranched alkanes of at least 4 members (excludes halogenated alkanes) is 1. The topological polar surface area (TPSA) is 46.5 Å². The molecule has 0 aliphatic heterocycles. The van der Waals surface area contributed by atoms with Crippen LogP contribution in [0.15, 0.2) is 0 Å². The standard InChI is InChI=1S/C9H18O3/c1-3-4-6-12-7-5-8(2)9(10)11/h8H,3-7H2,1-2H3,(H,10,11)/t8-/m0/s1. The third-order valence-corrected chi connectivity index (χ3v) is 1.76. The second-order valence-corrected chi connectivity index (χ2v) is 2.99. The molecule has 12 heavy (non-hydrogen) atoms. The number of hydrogen-bond donors (Lipinski definition) is 1. The van der Waals surface area contributed by atoms with Crippen LogP contribution in [0.1, 0.15) is 33.1 Å². The summed E-state index contributed by atoms with van der Waals surface area (Å²) in [5.41, 5.74) is 0. The van der Waals surface area contributed by atoms with Gasteiger partial charge in [-0.05, 0) is 12.8 Å². The molecule has 0 unspecified atom stereocenters. The van der Waals surface area contributed by atoms with Crippen molar-refractivity contribution in [3.63, 3.8) is 0 Å². The van der Waals surface area contributed by atoms with E-state index in [0.29, 0.717) is 13.0 Å². The van der Waals surface area contributed by atoms with E-state index in [0.717, 1.165) is 19.4 Å². The molecule has 0 bridgehead atoms. The molecule has 0 radical (unpaired) electrons. The number of carbonyl (C=O) groups is 1. The van der Waals surface area contributed by atoms with Gasteiger partial charge in [0, 0.05) is 13.2 Å². The molecule has 3 nitrogen and oxygen atoms in total. The molecule has 0 aromatic carbocycles. The minimum Gasteiger partial charge on any atom is -0.481 e. The SMILES string of the molecule is CCCCOCC[C@H](C)C(=O)O. The number of carboxylic acid groups (broad SMARTS) is 1. The minimum atomic E-state index is -0.742. The average molecular weight is 174 g/mol. The van der Waals surface area contributed by atoms with Gasteiger partial charge in [-0.2, -0.15) is 0 Å². The van der Waals surface area contributed by atoms with Crippen molar-refractivity contribution in [1.29, 1.82) is 0 Å². The van der Waals surface area contributed by atoms with Gasteiger partial charge in [0.05, 0.1) is 5.92 Å². The molecule has 0 fully saturated rings. The summed E-state index contributed by atoms with van der Waals surface area (Å²) in [5, 5.41) is 8.53. The average Bonchev–Trinajstić information content (AvgIpc) is 2.03. The summed E-state index contributed by atoms with van der Waals surface area (Å²) in [6.07, 6.45) is 2.79. The quantitative estimate of drug-likeness (QED) is 0.600. The molecule has 1 atom stereocenters. The molecule has 3 heteroatoms. The molecule has 0 spiro atoms. The maximum atomic E-state index is 10.4. The second-order valence-electron chi connectivity index (χ2n) is 2.99. The lowest BCUT2D eigenvalue weighted by Gasteiger charge is -2.06. The molecule has 0 rings (SSSR count). The zero-order chi connectivity index (χ0) is 9.40. The fourth-order valence-corrected chi connectivity index (χ4v) is 0.732. The van der Waals surface area contributed by atoms with Crippen molar-refractivity contribution in [2.45, 2.75) is 33.1 Å². The van der Waals surface area contributed by atoms with E-state index in [1.54, 1.807) is 6.92 Å². The monoisotopic (exact) mass is 174 g/mol. The first-order valence-corrected chi connectivity index (χ1v) is 4.49. The van der Waals surface area contributed by atoms with Crippen LogP contribution in [0.4, 0.5) is 0 Å². The Bertz CT molecular complexity index is 123. The molecule has 0 heterocycles. The van der Waals surface area contributed by atoms with Crippen LogP contribution in [-0.2, 0) is 9.53 Å². The highest BCUT2D eigenvalue weighted by atomic mass is 16.5. The van der Waals surface area contributed by atoms with Crippen molar-refractivity contribution in [1.82, 2.24) is 0 Å². The van der Waals surface area contributed by atoms with Gasteiger partial charge in [0.15, 0.2) is 0 Å². The van der Waals surface area contributed by atoms with Crippen LogP contribution in [0.25, 0.3) is 0 Å². The zero-order valence-electron chi connectivity index (χ0n) is 7.88. The molecule has 0 aromatic heterocycles. The summed E-state index contributed by atoms with van der Waals surface area (Å²) >= 11 is 0. The Morgan fingerprint density at radius 1 is 1.50 bits per heavy atom. The van der Waals surface area contributed by atoms with Crippen LogP contribution < -0.4 is 0 Å². The molecule has 0 aromatic rings. The summed E-state index contributed by atoms with van der Waals surface area (Å²) in [4.78, 5) is 10.4. The van der Waals surface area contributed by atoms with E-state index in [4.69, 9.17) is 9.84 Å². The fraction of sp³-hybridized carbons (Fsp3) is 0.889. The molecule has 0 saturated carbocycles. The van der Waals surface area contributed by atoms with E-state index in [1.807, 2.05) is 0 Å². The van der Waals surface area contributed by atoms with Crippen LogP contribution in [0.2, 0.25) is 0 Å². The molecular formula is C9H18O3. The fourth-order valence-electron chi connectivity index (χ4n) is 0.732. The van der Waals surface area contributed by atoms with Crippen molar-refractivity contribution in [3.05, 3.63) is 0 Å². The van der Waals surface area contributed by atoms with Gasteiger partial charge in [0.2, 0.25) is 0 Å². The summed E-state index contributed by atoms with van der Waals surface area (Å²) in [7, 11) is 0. The number of aliphatic carboxylic acids is 1. The van der Waals surface area contributed by atoms with Crippen molar-refractivity contribution < 1.29 is 14.6 Å². The first kappa shape index (κ1) is 11.4. The second kappa shape index (κ2) is 7.10. The third-order valence-electron chi connectivity index (χ3n) is 1.76. The normalized spacial score (nSPS) is 12.8. The Labute approximate surface area is 73.7 Å². The number of hydrogen-bond acceptors (Lipinski definition) is 2. The van der Waals surface area contributed by atoms with Gasteiger partial charge in [-0.25, -0.2) is 0 Å². The highest BCUT2D eigenvalue weighted by Gasteiger charge is 2.09. The third kappa shape index (κ3) is 6.16. The number of ether oxygens (including phenoxy) is 1. The maximum Gasteiger partial charge on any atom is 0.306 e. The lowest BCUT2D eigenvalue weighted by atomic mass is 10.1. The largest absolute Gasteiger partial charge is 0.481 e. The van der Waals surface area contributed by atoms with Crippen LogP contribution in [0.3, 0.4) is 0 Å². The zero-order valence-corrected chi connectivity index (χ0v) is 7.88. The molecule has 0 amide bonds. The Hall–Kier alpha value is -0.570. The molecule has 0 aliphatic rings. The smallest absolute Gasteiger partial charge is 0.306 e. The molecule has 72 valence electrons. The molecule has 0 aliphatic carbocycles. The summed E-state index contributed by atoms with van der Waals surface area (Å²) in [5.74, 6) is -1.03.